The lowest BCUT2D eigenvalue weighted by Gasteiger charge is -2.14. The zero-order valence-corrected chi connectivity index (χ0v) is 7.55. The van der Waals surface area contributed by atoms with Gasteiger partial charge >= 0.3 is 0 Å². The lowest BCUT2D eigenvalue weighted by molar-refractivity contribution is 0.108. The van der Waals surface area contributed by atoms with Crippen LogP contribution in [0.5, 0.6) is 0 Å². The zero-order chi connectivity index (χ0) is 8.27. The number of ether oxygens (including phenoxy) is 1. The monoisotopic (exact) mass is 157 g/mol. The molecule has 1 aliphatic rings. The van der Waals surface area contributed by atoms with Crippen LogP contribution < -0.4 is 5.73 Å². The molecule has 0 unspecified atom stereocenters. The Hall–Kier alpha value is -0.0800. The van der Waals surface area contributed by atoms with Gasteiger partial charge in [0.2, 0.25) is 0 Å². The van der Waals surface area contributed by atoms with E-state index in [0.29, 0.717) is 12.6 Å². The third kappa shape index (κ3) is 2.17. The molecule has 0 spiro atoms. The maximum absolute atomic E-state index is 5.51. The van der Waals surface area contributed by atoms with E-state index in [-0.39, 0.29) is 0 Å². The number of rotatable bonds is 3. The highest BCUT2D eigenvalue weighted by atomic mass is 16.5. The molecule has 66 valence electrons. The Kier molecular flexibility index (Phi) is 3.34. The van der Waals surface area contributed by atoms with Gasteiger partial charge in [0, 0.05) is 6.54 Å². The smallest absolute Gasteiger partial charge is 0.0701 e. The highest BCUT2D eigenvalue weighted by molar-refractivity contribution is 4.77. The van der Waals surface area contributed by atoms with Gasteiger partial charge in [0.05, 0.1) is 12.7 Å². The van der Waals surface area contributed by atoms with Gasteiger partial charge in [0.15, 0.2) is 0 Å². The average Bonchev–Trinajstić information content (AvgIpc) is 2.50. The molecule has 1 rings (SSSR count). The summed E-state index contributed by atoms with van der Waals surface area (Å²) in [6.07, 6.45) is 2.77. The minimum Gasteiger partial charge on any atom is -0.377 e. The van der Waals surface area contributed by atoms with Gasteiger partial charge in [0.1, 0.15) is 0 Å². The van der Waals surface area contributed by atoms with Crippen LogP contribution in [0.2, 0.25) is 0 Å². The molecule has 1 fully saturated rings. The van der Waals surface area contributed by atoms with Crippen molar-refractivity contribution in [1.29, 1.82) is 0 Å². The van der Waals surface area contributed by atoms with E-state index >= 15 is 0 Å². The van der Waals surface area contributed by atoms with Crippen molar-refractivity contribution in [2.24, 2.45) is 17.6 Å². The lowest BCUT2D eigenvalue weighted by Crippen LogP contribution is -2.19. The van der Waals surface area contributed by atoms with Crippen molar-refractivity contribution >= 4 is 0 Å². The minimum absolute atomic E-state index is 0.342. The van der Waals surface area contributed by atoms with E-state index < -0.39 is 0 Å². The molecule has 0 aliphatic carbocycles. The van der Waals surface area contributed by atoms with E-state index in [9.17, 15) is 0 Å². The quantitative estimate of drug-likeness (QED) is 0.672. The first-order valence-corrected chi connectivity index (χ1v) is 4.59. The molecular weight excluding hydrogens is 138 g/mol. The van der Waals surface area contributed by atoms with E-state index in [4.69, 9.17) is 10.5 Å². The summed E-state index contributed by atoms with van der Waals surface area (Å²) in [6, 6.07) is 0. The van der Waals surface area contributed by atoms with Crippen LogP contribution in [0.1, 0.15) is 26.7 Å². The maximum Gasteiger partial charge on any atom is 0.0701 e. The van der Waals surface area contributed by atoms with Crippen molar-refractivity contribution in [3.8, 4) is 0 Å². The minimum atomic E-state index is 0.342. The SMILES string of the molecule is CC[C@H](C)[C@H]1CO[C@H](CN)C1. The Morgan fingerprint density at radius 1 is 1.64 bits per heavy atom. The van der Waals surface area contributed by atoms with E-state index in [2.05, 4.69) is 13.8 Å². The molecule has 0 aromatic rings. The largest absolute Gasteiger partial charge is 0.377 e. The molecule has 0 aromatic carbocycles. The second-order valence-electron chi connectivity index (χ2n) is 3.57. The predicted molar refractivity (Wildman–Crippen MR) is 46.4 cm³/mol. The highest BCUT2D eigenvalue weighted by Crippen LogP contribution is 2.27. The molecule has 2 N–H and O–H groups in total. The molecule has 3 atom stereocenters. The second kappa shape index (κ2) is 4.07. The standard InChI is InChI=1S/C9H19NO/c1-3-7(2)8-4-9(5-10)11-6-8/h7-9H,3-6,10H2,1-2H3/t7-,8+,9-/m0/s1. The fraction of sp³-hybridized carbons (Fsp3) is 1.00. The number of hydrogen-bond acceptors (Lipinski definition) is 2. The normalized spacial score (nSPS) is 34.1. The first-order valence-electron chi connectivity index (χ1n) is 4.59. The van der Waals surface area contributed by atoms with Gasteiger partial charge in [-0.1, -0.05) is 20.3 Å². The van der Waals surface area contributed by atoms with Crippen molar-refractivity contribution in [3.63, 3.8) is 0 Å². The summed E-state index contributed by atoms with van der Waals surface area (Å²) < 4.78 is 5.51. The van der Waals surface area contributed by atoms with Crippen molar-refractivity contribution in [2.45, 2.75) is 32.8 Å². The number of hydrogen-bond donors (Lipinski definition) is 1. The van der Waals surface area contributed by atoms with Gasteiger partial charge in [-0.25, -0.2) is 0 Å². The first kappa shape index (κ1) is 9.01. The second-order valence-corrected chi connectivity index (χ2v) is 3.57. The van der Waals surface area contributed by atoms with Crippen LogP contribution in [0.3, 0.4) is 0 Å². The molecule has 0 saturated carbocycles. The van der Waals surface area contributed by atoms with Gasteiger partial charge in [0.25, 0.3) is 0 Å². The summed E-state index contributed by atoms with van der Waals surface area (Å²) in [6.45, 7) is 6.15. The van der Waals surface area contributed by atoms with Crippen molar-refractivity contribution in [1.82, 2.24) is 0 Å². The molecule has 0 bridgehead atoms. The summed E-state index contributed by atoms with van der Waals surface area (Å²) in [5.41, 5.74) is 5.51. The van der Waals surface area contributed by atoms with Crippen LogP contribution in [0, 0.1) is 11.8 Å². The molecule has 1 saturated heterocycles. The van der Waals surface area contributed by atoms with Crippen molar-refractivity contribution in [3.05, 3.63) is 0 Å². The molecule has 0 aromatic heterocycles. The topological polar surface area (TPSA) is 35.2 Å². The van der Waals surface area contributed by atoms with E-state index in [1.165, 1.54) is 12.8 Å². The average molecular weight is 157 g/mol. The van der Waals surface area contributed by atoms with Gasteiger partial charge in [-0.05, 0) is 18.3 Å². The van der Waals surface area contributed by atoms with Gasteiger partial charge in [-0.15, -0.1) is 0 Å². The van der Waals surface area contributed by atoms with Crippen LogP contribution >= 0.6 is 0 Å². The Bertz CT molecular complexity index is 116. The molecule has 1 heterocycles. The third-order valence-electron chi connectivity index (χ3n) is 2.82. The molecule has 2 heteroatoms. The lowest BCUT2D eigenvalue weighted by atomic mass is 9.90. The summed E-state index contributed by atoms with van der Waals surface area (Å²) >= 11 is 0. The van der Waals surface area contributed by atoms with Crippen LogP contribution in [0.25, 0.3) is 0 Å². The summed E-state index contributed by atoms with van der Waals surface area (Å²) in [5.74, 6) is 1.56. The number of nitrogens with two attached hydrogens (primary N) is 1. The Labute approximate surface area is 69.1 Å². The van der Waals surface area contributed by atoms with Gasteiger partial charge in [-0.3, -0.25) is 0 Å². The van der Waals surface area contributed by atoms with Crippen molar-refractivity contribution in [2.75, 3.05) is 13.2 Å². The molecule has 1 aliphatic heterocycles. The van der Waals surface area contributed by atoms with Gasteiger partial charge in [-0.2, -0.15) is 0 Å². The van der Waals surface area contributed by atoms with Crippen molar-refractivity contribution < 1.29 is 4.74 Å². The van der Waals surface area contributed by atoms with Crippen LogP contribution in [-0.4, -0.2) is 19.3 Å². The third-order valence-corrected chi connectivity index (χ3v) is 2.82. The van der Waals surface area contributed by atoms with Gasteiger partial charge < -0.3 is 10.5 Å². The molecular formula is C9H19NO. The van der Waals surface area contributed by atoms with Crippen LogP contribution in [0.4, 0.5) is 0 Å². The van der Waals surface area contributed by atoms with Crippen LogP contribution in [-0.2, 0) is 4.74 Å². The van der Waals surface area contributed by atoms with E-state index in [1.54, 1.807) is 0 Å². The molecule has 0 radical (unpaired) electrons. The fourth-order valence-electron chi connectivity index (χ4n) is 1.63. The summed E-state index contributed by atoms with van der Waals surface area (Å²) in [5, 5.41) is 0. The first-order chi connectivity index (χ1) is 5.27. The molecule has 11 heavy (non-hydrogen) atoms. The predicted octanol–water partition coefficient (Wildman–Crippen LogP) is 1.40. The highest BCUT2D eigenvalue weighted by Gasteiger charge is 2.27. The summed E-state index contributed by atoms with van der Waals surface area (Å²) in [4.78, 5) is 0. The summed E-state index contributed by atoms with van der Waals surface area (Å²) in [7, 11) is 0. The Morgan fingerprint density at radius 3 is 2.82 bits per heavy atom. The zero-order valence-electron chi connectivity index (χ0n) is 7.55. The van der Waals surface area contributed by atoms with E-state index in [1.807, 2.05) is 0 Å². The van der Waals surface area contributed by atoms with Crippen LogP contribution in [0.15, 0.2) is 0 Å². The molecule has 2 nitrogen and oxygen atoms in total. The van der Waals surface area contributed by atoms with E-state index in [0.717, 1.165) is 18.4 Å². The molecule has 0 amide bonds. The maximum atomic E-state index is 5.51. The fourth-order valence-corrected chi connectivity index (χ4v) is 1.63. The Balaban J connectivity index is 2.29. The Morgan fingerprint density at radius 2 is 2.36 bits per heavy atom.